The summed E-state index contributed by atoms with van der Waals surface area (Å²) in [5.41, 5.74) is 3.16. The number of nitrogens with one attached hydrogen (secondary N) is 1. The van der Waals surface area contributed by atoms with E-state index < -0.39 is 0 Å². The minimum absolute atomic E-state index is 0.0199. The lowest BCUT2D eigenvalue weighted by molar-refractivity contribution is -0.135. The first-order chi connectivity index (χ1) is 10.2. The van der Waals surface area contributed by atoms with Crippen LogP contribution < -0.4 is 5.32 Å². The summed E-state index contributed by atoms with van der Waals surface area (Å²) in [7, 11) is 0. The molecule has 5 nitrogen and oxygen atoms in total. The summed E-state index contributed by atoms with van der Waals surface area (Å²) in [6, 6.07) is 6.31. The molecule has 1 N–H and O–H groups in total. The molecule has 2 heterocycles. The summed E-state index contributed by atoms with van der Waals surface area (Å²) in [6.07, 6.45) is 2.25. The van der Waals surface area contributed by atoms with E-state index >= 15 is 0 Å². The van der Waals surface area contributed by atoms with Gasteiger partial charge >= 0.3 is 0 Å². The number of fused-ring (bicyclic) bond motifs is 1. The Labute approximate surface area is 123 Å². The van der Waals surface area contributed by atoms with Crippen molar-refractivity contribution in [1.29, 1.82) is 0 Å². The Bertz CT molecular complexity index is 610. The topological polar surface area (TPSA) is 52.7 Å². The van der Waals surface area contributed by atoms with E-state index in [9.17, 15) is 9.59 Å². The van der Waals surface area contributed by atoms with E-state index in [2.05, 4.69) is 5.32 Å². The lowest BCUT2D eigenvalue weighted by Crippen LogP contribution is -2.52. The van der Waals surface area contributed by atoms with E-state index in [0.29, 0.717) is 24.7 Å². The lowest BCUT2D eigenvalue weighted by atomic mass is 10.1. The first-order valence-corrected chi connectivity index (χ1v) is 7.63. The van der Waals surface area contributed by atoms with E-state index in [0.717, 1.165) is 25.9 Å². The van der Waals surface area contributed by atoms with Crippen LogP contribution in [0.4, 0.5) is 0 Å². The Morgan fingerprint density at radius 1 is 1.14 bits per heavy atom. The highest BCUT2D eigenvalue weighted by atomic mass is 16.2. The van der Waals surface area contributed by atoms with Gasteiger partial charge in [-0.25, -0.2) is 0 Å². The van der Waals surface area contributed by atoms with Gasteiger partial charge in [0.1, 0.15) is 6.54 Å². The highest BCUT2D eigenvalue weighted by molar-refractivity contribution is 5.97. The Morgan fingerprint density at radius 3 is 2.71 bits per heavy atom. The van der Waals surface area contributed by atoms with Crippen LogP contribution in [0.2, 0.25) is 0 Å². The number of piperazine rings is 1. The fraction of sp³-hybridized carbons (Fsp3) is 0.500. The van der Waals surface area contributed by atoms with Crippen molar-refractivity contribution in [3.63, 3.8) is 0 Å². The van der Waals surface area contributed by atoms with Crippen molar-refractivity contribution < 1.29 is 9.59 Å². The van der Waals surface area contributed by atoms with Gasteiger partial charge in [0, 0.05) is 37.8 Å². The molecule has 5 heteroatoms. The van der Waals surface area contributed by atoms with Gasteiger partial charge in [-0.05, 0) is 36.1 Å². The highest BCUT2D eigenvalue weighted by Gasteiger charge is 2.37. The molecule has 21 heavy (non-hydrogen) atoms. The summed E-state index contributed by atoms with van der Waals surface area (Å²) in [5.74, 6) is 0.0772. The van der Waals surface area contributed by atoms with Crippen molar-refractivity contribution in [3.8, 4) is 0 Å². The third kappa shape index (κ3) is 2.31. The minimum Gasteiger partial charge on any atom is -0.336 e. The number of hydrogen-bond donors (Lipinski definition) is 1. The number of nitrogens with zero attached hydrogens (tertiary/aromatic N) is 2. The monoisotopic (exact) mass is 285 g/mol. The van der Waals surface area contributed by atoms with Gasteiger partial charge in [-0.2, -0.15) is 0 Å². The zero-order valence-corrected chi connectivity index (χ0v) is 12.0. The van der Waals surface area contributed by atoms with Crippen molar-refractivity contribution in [3.05, 3.63) is 34.9 Å². The normalized spacial score (nSPS) is 21.6. The quantitative estimate of drug-likeness (QED) is 0.872. The van der Waals surface area contributed by atoms with Crippen LogP contribution in [-0.2, 0) is 17.9 Å². The molecule has 0 bridgehead atoms. The molecule has 0 atom stereocenters. The maximum absolute atomic E-state index is 12.6. The fourth-order valence-electron chi connectivity index (χ4n) is 3.24. The molecule has 0 spiro atoms. The molecule has 1 saturated carbocycles. The molecular weight excluding hydrogens is 266 g/mol. The number of hydrogen-bond acceptors (Lipinski definition) is 3. The fourth-order valence-corrected chi connectivity index (χ4v) is 3.24. The molecule has 1 aromatic rings. The average Bonchev–Trinajstić information content (AvgIpc) is 3.23. The van der Waals surface area contributed by atoms with Gasteiger partial charge in [0.25, 0.3) is 5.91 Å². The average molecular weight is 285 g/mol. The molecule has 2 amide bonds. The van der Waals surface area contributed by atoms with Crippen LogP contribution in [-0.4, -0.2) is 47.3 Å². The molecular formula is C16H19N3O2. The zero-order valence-electron chi connectivity index (χ0n) is 12.0. The molecule has 0 radical (unpaired) electrons. The standard InChI is InChI=1S/C16H19N3O2/c20-15-10-18(5-6-19(15)14-3-4-14)16(21)11-1-2-12-8-17-9-13(12)7-11/h1-2,7,14,17H,3-6,8-10H2. The number of rotatable bonds is 2. The number of benzene rings is 1. The molecule has 0 unspecified atom stereocenters. The van der Waals surface area contributed by atoms with Crippen LogP contribution in [0.5, 0.6) is 0 Å². The number of carbonyl (C=O) groups excluding carboxylic acids is 2. The van der Waals surface area contributed by atoms with Gasteiger partial charge in [0.05, 0.1) is 0 Å². The third-order valence-electron chi connectivity index (χ3n) is 4.62. The van der Waals surface area contributed by atoms with Gasteiger partial charge in [0.2, 0.25) is 5.91 Å². The second-order valence-electron chi connectivity index (χ2n) is 6.13. The Morgan fingerprint density at radius 2 is 1.95 bits per heavy atom. The predicted octanol–water partition coefficient (Wildman–Crippen LogP) is 0.737. The van der Waals surface area contributed by atoms with Gasteiger partial charge < -0.3 is 15.1 Å². The number of amides is 2. The van der Waals surface area contributed by atoms with Gasteiger partial charge in [-0.1, -0.05) is 6.07 Å². The largest absolute Gasteiger partial charge is 0.336 e. The van der Waals surface area contributed by atoms with Crippen LogP contribution in [0.25, 0.3) is 0 Å². The third-order valence-corrected chi connectivity index (χ3v) is 4.62. The Kier molecular flexibility index (Phi) is 2.96. The maximum atomic E-state index is 12.6. The van der Waals surface area contributed by atoms with E-state index in [1.54, 1.807) is 4.90 Å². The molecule has 110 valence electrons. The highest BCUT2D eigenvalue weighted by Crippen LogP contribution is 2.28. The smallest absolute Gasteiger partial charge is 0.254 e. The maximum Gasteiger partial charge on any atom is 0.254 e. The summed E-state index contributed by atoms with van der Waals surface area (Å²) < 4.78 is 0. The SMILES string of the molecule is O=C(c1ccc2c(c1)CNC2)N1CCN(C2CC2)C(=O)C1. The van der Waals surface area contributed by atoms with Gasteiger partial charge in [-0.3, -0.25) is 9.59 Å². The molecule has 2 aliphatic heterocycles. The van der Waals surface area contributed by atoms with Crippen LogP contribution in [0, 0.1) is 0 Å². The first kappa shape index (κ1) is 12.8. The minimum atomic E-state index is -0.0199. The van der Waals surface area contributed by atoms with Gasteiger partial charge in [0.15, 0.2) is 0 Å². The lowest BCUT2D eigenvalue weighted by Gasteiger charge is -2.34. The zero-order chi connectivity index (χ0) is 14.4. The molecule has 1 saturated heterocycles. The van der Waals surface area contributed by atoms with Gasteiger partial charge in [-0.15, -0.1) is 0 Å². The molecule has 1 aromatic carbocycles. The van der Waals surface area contributed by atoms with Crippen LogP contribution in [0.15, 0.2) is 18.2 Å². The first-order valence-electron chi connectivity index (χ1n) is 7.63. The summed E-state index contributed by atoms with van der Waals surface area (Å²) in [4.78, 5) is 28.3. The van der Waals surface area contributed by atoms with E-state index in [-0.39, 0.29) is 18.4 Å². The van der Waals surface area contributed by atoms with Crippen molar-refractivity contribution >= 4 is 11.8 Å². The Balaban J connectivity index is 1.49. The summed E-state index contributed by atoms with van der Waals surface area (Å²) >= 11 is 0. The molecule has 3 aliphatic rings. The second-order valence-corrected chi connectivity index (χ2v) is 6.13. The summed E-state index contributed by atoms with van der Waals surface area (Å²) in [6.45, 7) is 3.26. The van der Waals surface area contributed by atoms with E-state index in [1.807, 2.05) is 23.1 Å². The molecule has 0 aromatic heterocycles. The van der Waals surface area contributed by atoms with E-state index in [4.69, 9.17) is 0 Å². The Hall–Kier alpha value is -1.88. The second kappa shape index (κ2) is 4.84. The van der Waals surface area contributed by atoms with Crippen LogP contribution in [0.1, 0.15) is 34.3 Å². The predicted molar refractivity (Wildman–Crippen MR) is 77.6 cm³/mol. The van der Waals surface area contributed by atoms with Crippen LogP contribution in [0.3, 0.4) is 0 Å². The van der Waals surface area contributed by atoms with Crippen molar-refractivity contribution in [2.45, 2.75) is 32.0 Å². The molecule has 4 rings (SSSR count). The van der Waals surface area contributed by atoms with Crippen molar-refractivity contribution in [2.24, 2.45) is 0 Å². The molecule has 1 aliphatic carbocycles. The van der Waals surface area contributed by atoms with E-state index in [1.165, 1.54) is 11.1 Å². The molecule has 2 fully saturated rings. The number of carbonyl (C=O) groups is 2. The van der Waals surface area contributed by atoms with Crippen molar-refractivity contribution in [2.75, 3.05) is 19.6 Å². The van der Waals surface area contributed by atoms with Crippen LogP contribution >= 0.6 is 0 Å². The summed E-state index contributed by atoms with van der Waals surface area (Å²) in [5, 5.41) is 3.28. The van der Waals surface area contributed by atoms with Crippen molar-refractivity contribution in [1.82, 2.24) is 15.1 Å².